The number of hydrogen-bond donors (Lipinski definition) is 1. The highest BCUT2D eigenvalue weighted by Gasteiger charge is 2.27. The number of unbranched alkanes of at least 4 members (excludes halogenated alkanes) is 27. The van der Waals surface area contributed by atoms with Crippen LogP contribution in [0.15, 0.2) is 85.1 Å². The molecule has 3 atom stereocenters. The number of amides is 1. The Labute approximate surface area is 463 Å². The molecule has 0 radical (unpaired) electrons. The Morgan fingerprint density at radius 3 is 1.29 bits per heavy atom. The van der Waals surface area contributed by atoms with E-state index >= 15 is 0 Å². The number of quaternary nitrogens is 1. The number of ether oxygens (including phenoxy) is 1. The van der Waals surface area contributed by atoms with E-state index < -0.39 is 26.6 Å². The fourth-order valence-corrected chi connectivity index (χ4v) is 9.27. The maximum atomic E-state index is 13.5. The first kappa shape index (κ1) is 72.2. The number of esters is 1. The number of carbonyl (C=O) groups is 2. The highest BCUT2D eigenvalue weighted by molar-refractivity contribution is 7.45. The molecule has 0 bridgehead atoms. The van der Waals surface area contributed by atoms with Crippen LogP contribution in [0.3, 0.4) is 0 Å². The quantitative estimate of drug-likeness (QED) is 0.0212. The molecule has 0 aliphatic rings. The lowest BCUT2D eigenvalue weighted by molar-refractivity contribution is -0.870. The van der Waals surface area contributed by atoms with Crippen molar-refractivity contribution < 1.29 is 37.3 Å². The predicted octanol–water partition coefficient (Wildman–Crippen LogP) is 18.4. The average Bonchev–Trinajstić information content (AvgIpc) is 3.37. The summed E-state index contributed by atoms with van der Waals surface area (Å²) in [5.41, 5.74) is 0. The SMILES string of the molecule is CC/C=C\C/C=C\C/C=C\C/C=C\C/C=C\CCCCCCCC(=O)NC(COP(=O)([O-])OCC[N+](C)(C)C)C(/C=C\CCCCCCCCCCC)OC(=O)CCCCCCCCC/C=C/CCCCCCCC. The minimum atomic E-state index is -4.71. The van der Waals surface area contributed by atoms with Crippen molar-refractivity contribution in [1.29, 1.82) is 0 Å². The van der Waals surface area contributed by atoms with Gasteiger partial charge in [0.05, 0.1) is 33.8 Å². The third kappa shape index (κ3) is 55.7. The van der Waals surface area contributed by atoms with Crippen LogP contribution in [0.25, 0.3) is 0 Å². The topological polar surface area (TPSA) is 114 Å². The van der Waals surface area contributed by atoms with Crippen LogP contribution >= 0.6 is 7.82 Å². The molecule has 0 aromatic heterocycles. The van der Waals surface area contributed by atoms with Crippen molar-refractivity contribution in [1.82, 2.24) is 5.32 Å². The number of nitrogens with zero attached hydrogens (tertiary/aromatic N) is 1. The first-order valence-electron chi connectivity index (χ1n) is 30.9. The molecule has 434 valence electrons. The molecule has 0 aliphatic carbocycles. The van der Waals surface area contributed by atoms with E-state index in [1.54, 1.807) is 0 Å². The maximum Gasteiger partial charge on any atom is 0.306 e. The number of hydrogen-bond acceptors (Lipinski definition) is 7. The fourth-order valence-electron chi connectivity index (χ4n) is 8.54. The van der Waals surface area contributed by atoms with Crippen LogP contribution < -0.4 is 10.2 Å². The lowest BCUT2D eigenvalue weighted by atomic mass is 10.1. The van der Waals surface area contributed by atoms with Gasteiger partial charge in [0.2, 0.25) is 5.91 Å². The van der Waals surface area contributed by atoms with Crippen LogP contribution in [0.2, 0.25) is 0 Å². The van der Waals surface area contributed by atoms with Crippen molar-refractivity contribution in [3.8, 4) is 0 Å². The van der Waals surface area contributed by atoms with Gasteiger partial charge in [-0.15, -0.1) is 0 Å². The second-order valence-corrected chi connectivity index (χ2v) is 23.2. The van der Waals surface area contributed by atoms with E-state index in [4.69, 9.17) is 13.8 Å². The minimum absolute atomic E-state index is 0.0304. The Bertz CT molecular complexity index is 1560. The van der Waals surface area contributed by atoms with E-state index in [2.05, 4.69) is 99.0 Å². The summed E-state index contributed by atoms with van der Waals surface area (Å²) in [6.07, 6.45) is 71.2. The molecule has 0 aromatic rings. The third-order valence-corrected chi connectivity index (χ3v) is 14.3. The standard InChI is InChI=1S/C65H117N2O7P/c1-7-10-13-16-19-22-25-27-29-31-32-33-34-36-37-39-42-45-48-51-54-57-64(68)66-62(61-73-75(70,71)72-60-59-67(4,5)6)63(56-53-50-47-44-41-24-21-18-15-12-9-3)74-65(69)58-55-52-49-46-43-40-38-35-30-28-26-23-20-17-14-11-8-2/h10,13,19,22,27-30,32-33,36-37,53,56,62-63H,7-9,11-12,14-18,20-21,23-26,31,34-35,38-52,54-55,57-61H2,1-6H3,(H-,66,68,70,71)/b13-10-,22-19-,29-27-,30-28+,33-32-,37-36-,56-53-. The van der Waals surface area contributed by atoms with Crippen LogP contribution in [0.5, 0.6) is 0 Å². The Balaban J connectivity index is 5.27. The predicted molar refractivity (Wildman–Crippen MR) is 321 cm³/mol. The number of carbonyl (C=O) groups excluding carboxylic acids is 2. The van der Waals surface area contributed by atoms with Gasteiger partial charge in [0.1, 0.15) is 19.3 Å². The molecule has 0 fully saturated rings. The van der Waals surface area contributed by atoms with Crippen molar-refractivity contribution in [3.05, 3.63) is 85.1 Å². The summed E-state index contributed by atoms with van der Waals surface area (Å²) >= 11 is 0. The van der Waals surface area contributed by atoms with Gasteiger partial charge in [-0.05, 0) is 102 Å². The number of allylic oxidation sites excluding steroid dienone is 13. The molecule has 1 N–H and O–H groups in total. The van der Waals surface area contributed by atoms with E-state index in [1.165, 1.54) is 109 Å². The van der Waals surface area contributed by atoms with E-state index in [0.717, 1.165) is 116 Å². The van der Waals surface area contributed by atoms with Gasteiger partial charge < -0.3 is 28.5 Å². The van der Waals surface area contributed by atoms with Gasteiger partial charge in [-0.25, -0.2) is 0 Å². The zero-order valence-corrected chi connectivity index (χ0v) is 50.4. The van der Waals surface area contributed by atoms with Crippen molar-refractivity contribution in [3.63, 3.8) is 0 Å². The zero-order valence-electron chi connectivity index (χ0n) is 49.5. The number of likely N-dealkylation sites (N-methyl/N-ethyl adjacent to an activating group) is 1. The van der Waals surface area contributed by atoms with Gasteiger partial charge in [-0.2, -0.15) is 0 Å². The molecule has 9 nitrogen and oxygen atoms in total. The summed E-state index contributed by atoms with van der Waals surface area (Å²) in [5.74, 6) is -0.569. The molecular weight excluding hydrogens is 952 g/mol. The van der Waals surface area contributed by atoms with Gasteiger partial charge in [0.15, 0.2) is 0 Å². The number of rotatable bonds is 55. The van der Waals surface area contributed by atoms with Crippen LogP contribution in [-0.4, -0.2) is 69.4 Å². The molecule has 0 saturated heterocycles. The maximum absolute atomic E-state index is 13.5. The molecule has 3 unspecified atom stereocenters. The molecule has 0 rings (SSSR count). The Morgan fingerprint density at radius 1 is 0.480 bits per heavy atom. The second-order valence-electron chi connectivity index (χ2n) is 21.8. The van der Waals surface area contributed by atoms with Crippen LogP contribution in [0.4, 0.5) is 0 Å². The summed E-state index contributed by atoms with van der Waals surface area (Å²) in [4.78, 5) is 40.0. The van der Waals surface area contributed by atoms with Crippen molar-refractivity contribution >= 4 is 19.7 Å². The molecule has 0 saturated carbocycles. The molecule has 75 heavy (non-hydrogen) atoms. The monoisotopic (exact) mass is 1070 g/mol. The van der Waals surface area contributed by atoms with Crippen molar-refractivity contribution in [2.24, 2.45) is 0 Å². The van der Waals surface area contributed by atoms with Crippen LogP contribution in [0, 0.1) is 0 Å². The Kier molecular flexibility index (Phi) is 52.5. The number of phosphoric acid groups is 1. The zero-order chi connectivity index (χ0) is 55.0. The van der Waals surface area contributed by atoms with Gasteiger partial charge in [0, 0.05) is 12.8 Å². The van der Waals surface area contributed by atoms with Gasteiger partial charge in [0.25, 0.3) is 7.82 Å². The van der Waals surface area contributed by atoms with E-state index in [-0.39, 0.29) is 24.9 Å². The third-order valence-electron chi connectivity index (χ3n) is 13.3. The normalized spacial score (nSPS) is 14.3. The molecule has 0 spiro atoms. The minimum Gasteiger partial charge on any atom is -0.756 e. The summed E-state index contributed by atoms with van der Waals surface area (Å²) in [6.45, 7) is 6.70. The van der Waals surface area contributed by atoms with E-state index in [0.29, 0.717) is 23.9 Å². The van der Waals surface area contributed by atoms with Crippen molar-refractivity contribution in [2.45, 2.75) is 277 Å². The number of phosphoric ester groups is 1. The molecule has 1 amide bonds. The van der Waals surface area contributed by atoms with Gasteiger partial charge in [-0.3, -0.25) is 14.2 Å². The number of nitrogens with one attached hydrogen (secondary N) is 1. The fraction of sp³-hybridized carbons (Fsp3) is 0.754. The van der Waals surface area contributed by atoms with Crippen molar-refractivity contribution in [2.75, 3.05) is 40.9 Å². The first-order valence-corrected chi connectivity index (χ1v) is 32.4. The lowest BCUT2D eigenvalue weighted by Gasteiger charge is -2.30. The highest BCUT2D eigenvalue weighted by Crippen LogP contribution is 2.38. The molecular formula is C65H117N2O7P. The molecule has 0 heterocycles. The molecule has 10 heteroatoms. The smallest absolute Gasteiger partial charge is 0.306 e. The summed E-state index contributed by atoms with van der Waals surface area (Å²) < 4.78 is 30.3. The summed E-state index contributed by atoms with van der Waals surface area (Å²) in [7, 11) is 1.16. The highest BCUT2D eigenvalue weighted by atomic mass is 31.2. The van der Waals surface area contributed by atoms with Crippen LogP contribution in [-0.2, 0) is 27.9 Å². The molecule has 0 aromatic carbocycles. The summed E-state index contributed by atoms with van der Waals surface area (Å²) in [5, 5.41) is 3.01. The lowest BCUT2D eigenvalue weighted by Crippen LogP contribution is -2.47. The molecule has 0 aliphatic heterocycles. The summed E-state index contributed by atoms with van der Waals surface area (Å²) in [6, 6.07) is -0.904. The average molecular weight is 1070 g/mol. The van der Waals surface area contributed by atoms with Gasteiger partial charge >= 0.3 is 5.97 Å². The first-order chi connectivity index (χ1) is 36.4. The van der Waals surface area contributed by atoms with Gasteiger partial charge in [-0.1, -0.05) is 235 Å². The second kappa shape index (κ2) is 54.5. The van der Waals surface area contributed by atoms with E-state index in [1.807, 2.05) is 33.3 Å². The largest absolute Gasteiger partial charge is 0.756 e. The van der Waals surface area contributed by atoms with Crippen LogP contribution in [0.1, 0.15) is 265 Å². The van der Waals surface area contributed by atoms with E-state index in [9.17, 15) is 19.0 Å². The Hall–Kier alpha value is -2.81. The Morgan fingerprint density at radius 2 is 0.853 bits per heavy atom.